The van der Waals surface area contributed by atoms with Gasteiger partial charge in [-0.25, -0.2) is 0 Å². The summed E-state index contributed by atoms with van der Waals surface area (Å²) in [6.07, 6.45) is 5.20. The van der Waals surface area contributed by atoms with Crippen LogP contribution in [0.15, 0.2) is 42.7 Å². The molecule has 0 saturated heterocycles. The Bertz CT molecular complexity index is 676. The number of benzene rings is 1. The highest BCUT2D eigenvalue weighted by Crippen LogP contribution is 2.21. The SMILES string of the molecule is CCc1cccc2ccn(Cc3ccn(C)n3)c12. The van der Waals surface area contributed by atoms with E-state index < -0.39 is 0 Å². The lowest BCUT2D eigenvalue weighted by molar-refractivity contribution is 0.716. The van der Waals surface area contributed by atoms with Crippen LogP contribution in [-0.4, -0.2) is 14.3 Å². The number of rotatable bonds is 3. The quantitative estimate of drug-likeness (QED) is 0.689. The van der Waals surface area contributed by atoms with Gasteiger partial charge in [-0.05, 0) is 29.5 Å². The number of aromatic nitrogens is 3. The van der Waals surface area contributed by atoms with E-state index >= 15 is 0 Å². The van der Waals surface area contributed by atoms with Crippen molar-refractivity contribution in [3.8, 4) is 0 Å². The van der Waals surface area contributed by atoms with Crippen molar-refractivity contribution in [2.45, 2.75) is 19.9 Å². The summed E-state index contributed by atoms with van der Waals surface area (Å²) in [5.74, 6) is 0. The van der Waals surface area contributed by atoms with Crippen LogP contribution in [0.5, 0.6) is 0 Å². The molecule has 2 heterocycles. The van der Waals surface area contributed by atoms with Gasteiger partial charge in [-0.3, -0.25) is 4.68 Å². The van der Waals surface area contributed by atoms with Gasteiger partial charge in [-0.1, -0.05) is 25.1 Å². The summed E-state index contributed by atoms with van der Waals surface area (Å²) in [7, 11) is 1.95. The van der Waals surface area contributed by atoms with Gasteiger partial charge in [0, 0.05) is 19.4 Å². The molecule has 0 aliphatic rings. The van der Waals surface area contributed by atoms with Crippen LogP contribution in [0.4, 0.5) is 0 Å². The Kier molecular flexibility index (Phi) is 2.67. The minimum Gasteiger partial charge on any atom is -0.341 e. The molecule has 0 amide bonds. The fraction of sp³-hybridized carbons (Fsp3) is 0.267. The second kappa shape index (κ2) is 4.33. The Labute approximate surface area is 107 Å². The highest BCUT2D eigenvalue weighted by atomic mass is 15.3. The van der Waals surface area contributed by atoms with E-state index in [9.17, 15) is 0 Å². The number of para-hydroxylation sites is 1. The van der Waals surface area contributed by atoms with Gasteiger partial charge in [0.25, 0.3) is 0 Å². The Morgan fingerprint density at radius 2 is 2.00 bits per heavy atom. The van der Waals surface area contributed by atoms with Crippen LogP contribution in [0.3, 0.4) is 0 Å². The van der Waals surface area contributed by atoms with Gasteiger partial charge in [0.05, 0.1) is 17.8 Å². The monoisotopic (exact) mass is 239 g/mol. The van der Waals surface area contributed by atoms with Crippen molar-refractivity contribution in [1.29, 1.82) is 0 Å². The average Bonchev–Trinajstić information content (AvgIpc) is 2.97. The second-order valence-corrected chi connectivity index (χ2v) is 4.63. The molecule has 0 N–H and O–H groups in total. The molecule has 18 heavy (non-hydrogen) atoms. The molecule has 3 rings (SSSR count). The molecule has 2 aromatic heterocycles. The third kappa shape index (κ3) is 1.82. The molecule has 0 unspecified atom stereocenters. The molecule has 0 atom stereocenters. The number of hydrogen-bond acceptors (Lipinski definition) is 1. The van der Waals surface area contributed by atoms with Crippen LogP contribution in [0, 0.1) is 0 Å². The summed E-state index contributed by atoms with van der Waals surface area (Å²) in [6.45, 7) is 3.04. The topological polar surface area (TPSA) is 22.8 Å². The van der Waals surface area contributed by atoms with E-state index in [0.29, 0.717) is 0 Å². The molecule has 3 nitrogen and oxygen atoms in total. The summed E-state index contributed by atoms with van der Waals surface area (Å²) in [5.41, 5.74) is 3.83. The largest absolute Gasteiger partial charge is 0.341 e. The molecule has 92 valence electrons. The highest BCUT2D eigenvalue weighted by Gasteiger charge is 2.06. The van der Waals surface area contributed by atoms with Gasteiger partial charge in [0.15, 0.2) is 0 Å². The lowest BCUT2D eigenvalue weighted by Gasteiger charge is -2.07. The minimum absolute atomic E-state index is 0.835. The predicted molar refractivity (Wildman–Crippen MR) is 73.6 cm³/mol. The van der Waals surface area contributed by atoms with E-state index in [2.05, 4.69) is 53.1 Å². The van der Waals surface area contributed by atoms with Gasteiger partial charge in [-0.2, -0.15) is 5.10 Å². The Balaban J connectivity index is 2.06. The zero-order valence-corrected chi connectivity index (χ0v) is 10.8. The molecule has 0 radical (unpaired) electrons. The van der Waals surface area contributed by atoms with Crippen LogP contribution in [0.2, 0.25) is 0 Å². The molecule has 1 aromatic carbocycles. The molecule has 0 aliphatic carbocycles. The molecular weight excluding hydrogens is 222 g/mol. The predicted octanol–water partition coefficient (Wildman–Crippen LogP) is 2.99. The number of nitrogens with zero attached hydrogens (tertiary/aromatic N) is 3. The summed E-state index contributed by atoms with van der Waals surface area (Å²) in [4.78, 5) is 0. The van der Waals surface area contributed by atoms with Crippen molar-refractivity contribution in [2.24, 2.45) is 7.05 Å². The molecule has 3 heteroatoms. The Hall–Kier alpha value is -2.03. The van der Waals surface area contributed by atoms with Crippen LogP contribution in [0.1, 0.15) is 18.2 Å². The van der Waals surface area contributed by atoms with Crippen molar-refractivity contribution in [3.05, 3.63) is 54.0 Å². The fourth-order valence-electron chi connectivity index (χ4n) is 2.48. The van der Waals surface area contributed by atoms with Crippen molar-refractivity contribution in [2.75, 3.05) is 0 Å². The van der Waals surface area contributed by atoms with Gasteiger partial charge < -0.3 is 4.57 Å². The molecule has 0 bridgehead atoms. The molecular formula is C15H17N3. The van der Waals surface area contributed by atoms with Crippen LogP contribution in [0.25, 0.3) is 10.9 Å². The third-order valence-corrected chi connectivity index (χ3v) is 3.35. The summed E-state index contributed by atoms with van der Waals surface area (Å²) in [5, 5.41) is 5.75. The molecule has 0 fully saturated rings. The maximum atomic E-state index is 4.44. The van der Waals surface area contributed by atoms with Gasteiger partial charge >= 0.3 is 0 Å². The van der Waals surface area contributed by atoms with Crippen LogP contribution in [-0.2, 0) is 20.0 Å². The van der Waals surface area contributed by atoms with Crippen molar-refractivity contribution < 1.29 is 0 Å². The maximum absolute atomic E-state index is 4.44. The van der Waals surface area contributed by atoms with Crippen molar-refractivity contribution in [1.82, 2.24) is 14.3 Å². The first kappa shape index (κ1) is 11.1. The first-order valence-electron chi connectivity index (χ1n) is 6.33. The third-order valence-electron chi connectivity index (χ3n) is 3.35. The van der Waals surface area contributed by atoms with Crippen molar-refractivity contribution in [3.63, 3.8) is 0 Å². The van der Waals surface area contributed by atoms with Gasteiger partial charge in [-0.15, -0.1) is 0 Å². The second-order valence-electron chi connectivity index (χ2n) is 4.63. The normalized spacial score (nSPS) is 11.2. The Morgan fingerprint density at radius 1 is 1.11 bits per heavy atom. The van der Waals surface area contributed by atoms with Gasteiger partial charge in [0.2, 0.25) is 0 Å². The summed E-state index contributed by atoms with van der Waals surface area (Å²) >= 11 is 0. The molecule has 3 aromatic rings. The van der Waals surface area contributed by atoms with Gasteiger partial charge in [0.1, 0.15) is 0 Å². The van der Waals surface area contributed by atoms with E-state index in [1.807, 2.05) is 17.9 Å². The molecule has 0 spiro atoms. The molecule has 0 saturated carbocycles. The highest BCUT2D eigenvalue weighted by molar-refractivity contribution is 5.83. The van der Waals surface area contributed by atoms with E-state index in [4.69, 9.17) is 0 Å². The van der Waals surface area contributed by atoms with Crippen LogP contribution >= 0.6 is 0 Å². The first-order chi connectivity index (χ1) is 8.78. The standard InChI is InChI=1S/C15H17N3/c1-3-12-5-4-6-13-7-10-18(15(12)13)11-14-8-9-17(2)16-14/h4-10H,3,11H2,1-2H3. The fourth-order valence-corrected chi connectivity index (χ4v) is 2.48. The van der Waals surface area contributed by atoms with Crippen molar-refractivity contribution >= 4 is 10.9 Å². The summed E-state index contributed by atoms with van der Waals surface area (Å²) < 4.78 is 4.14. The van der Waals surface area contributed by atoms with E-state index in [1.54, 1.807) is 0 Å². The zero-order valence-electron chi connectivity index (χ0n) is 10.8. The number of hydrogen-bond donors (Lipinski definition) is 0. The number of aryl methyl sites for hydroxylation is 2. The maximum Gasteiger partial charge on any atom is 0.0821 e. The van der Waals surface area contributed by atoms with E-state index in [-0.39, 0.29) is 0 Å². The lowest BCUT2D eigenvalue weighted by atomic mass is 10.1. The Morgan fingerprint density at radius 3 is 2.72 bits per heavy atom. The summed E-state index contributed by atoms with van der Waals surface area (Å²) in [6, 6.07) is 10.8. The molecule has 0 aliphatic heterocycles. The first-order valence-corrected chi connectivity index (χ1v) is 6.33. The zero-order chi connectivity index (χ0) is 12.5. The van der Waals surface area contributed by atoms with Crippen LogP contribution < -0.4 is 0 Å². The van der Waals surface area contributed by atoms with E-state index in [0.717, 1.165) is 18.7 Å². The lowest BCUT2D eigenvalue weighted by Crippen LogP contribution is -2.01. The minimum atomic E-state index is 0.835. The van der Waals surface area contributed by atoms with E-state index in [1.165, 1.54) is 16.5 Å². The average molecular weight is 239 g/mol. The smallest absolute Gasteiger partial charge is 0.0821 e. The number of fused-ring (bicyclic) bond motifs is 1.